The number of nitrogens with one attached hydrogen (secondary N) is 1. The van der Waals surface area contributed by atoms with Crippen LogP contribution in [0.2, 0.25) is 0 Å². The van der Waals surface area contributed by atoms with Crippen molar-refractivity contribution in [2.24, 2.45) is 0 Å². The van der Waals surface area contributed by atoms with Crippen molar-refractivity contribution in [1.82, 2.24) is 10.3 Å². The van der Waals surface area contributed by atoms with Crippen LogP contribution >= 0.6 is 0 Å². The molecule has 1 aromatic carbocycles. The normalized spacial score (nSPS) is 10.2. The van der Waals surface area contributed by atoms with Gasteiger partial charge in [-0.2, -0.15) is 0 Å². The fourth-order valence-electron chi connectivity index (χ4n) is 2.27. The first-order valence-corrected chi connectivity index (χ1v) is 7.60. The molecule has 5 heteroatoms. The molecule has 0 aliphatic carbocycles. The minimum absolute atomic E-state index is 0.0381. The third kappa shape index (κ3) is 5.29. The molecule has 0 atom stereocenters. The van der Waals surface area contributed by atoms with Crippen molar-refractivity contribution in [3.8, 4) is 11.5 Å². The summed E-state index contributed by atoms with van der Waals surface area (Å²) >= 11 is 0. The number of methoxy groups -OCH3 is 2. The van der Waals surface area contributed by atoms with Crippen LogP contribution in [-0.4, -0.2) is 25.1 Å². The molecule has 1 N–H and O–H groups in total. The van der Waals surface area contributed by atoms with Gasteiger partial charge in [0.05, 0.1) is 26.5 Å². The van der Waals surface area contributed by atoms with Crippen LogP contribution in [0.3, 0.4) is 0 Å². The molecule has 0 spiro atoms. The Balaban J connectivity index is 1.75. The van der Waals surface area contributed by atoms with Gasteiger partial charge in [-0.3, -0.25) is 9.78 Å². The molecular formula is C18H22N2O3. The smallest absolute Gasteiger partial charge is 0.220 e. The zero-order chi connectivity index (χ0) is 16.5. The summed E-state index contributed by atoms with van der Waals surface area (Å²) in [4.78, 5) is 16.0. The van der Waals surface area contributed by atoms with Gasteiger partial charge in [0.2, 0.25) is 5.91 Å². The number of aryl methyl sites for hydroxylation is 1. The average molecular weight is 314 g/mol. The summed E-state index contributed by atoms with van der Waals surface area (Å²) in [6.45, 7) is 0.468. The zero-order valence-corrected chi connectivity index (χ0v) is 13.5. The minimum Gasteiger partial charge on any atom is -0.493 e. The third-order valence-electron chi connectivity index (χ3n) is 3.51. The molecule has 0 saturated heterocycles. The van der Waals surface area contributed by atoms with E-state index in [1.807, 2.05) is 36.4 Å². The highest BCUT2D eigenvalue weighted by molar-refractivity contribution is 5.75. The summed E-state index contributed by atoms with van der Waals surface area (Å²) in [7, 11) is 3.23. The number of amides is 1. The van der Waals surface area contributed by atoms with Crippen molar-refractivity contribution in [2.75, 3.05) is 14.2 Å². The topological polar surface area (TPSA) is 60.5 Å². The standard InChI is InChI=1S/C18H22N2O3/c1-22-16-10-9-14(12-17(16)23-2)6-5-8-18(21)20-13-15-7-3-4-11-19-15/h3-4,7,9-12H,5-6,8,13H2,1-2H3,(H,20,21). The summed E-state index contributed by atoms with van der Waals surface area (Å²) in [5, 5.41) is 2.88. The Hall–Kier alpha value is -2.56. The minimum atomic E-state index is 0.0381. The van der Waals surface area contributed by atoms with Gasteiger partial charge in [-0.15, -0.1) is 0 Å². The number of rotatable bonds is 8. The fraction of sp³-hybridized carbons (Fsp3) is 0.333. The molecule has 1 aromatic heterocycles. The molecule has 2 aromatic rings. The molecule has 0 aliphatic heterocycles. The molecule has 2 rings (SSSR count). The Morgan fingerprint density at radius 3 is 2.65 bits per heavy atom. The van der Waals surface area contributed by atoms with E-state index in [-0.39, 0.29) is 5.91 Å². The zero-order valence-electron chi connectivity index (χ0n) is 13.5. The number of ether oxygens (including phenoxy) is 2. The lowest BCUT2D eigenvalue weighted by Crippen LogP contribution is -2.22. The first-order chi connectivity index (χ1) is 11.2. The Bertz CT molecular complexity index is 629. The SMILES string of the molecule is COc1ccc(CCCC(=O)NCc2ccccn2)cc1OC. The molecule has 0 radical (unpaired) electrons. The number of carbonyl (C=O) groups excluding carboxylic acids is 1. The van der Waals surface area contributed by atoms with Crippen LogP contribution in [0.1, 0.15) is 24.1 Å². The van der Waals surface area contributed by atoms with Crippen LogP contribution < -0.4 is 14.8 Å². The van der Waals surface area contributed by atoms with Crippen LogP contribution in [0, 0.1) is 0 Å². The lowest BCUT2D eigenvalue weighted by atomic mass is 10.1. The van der Waals surface area contributed by atoms with Crippen LogP contribution in [0.25, 0.3) is 0 Å². The summed E-state index contributed by atoms with van der Waals surface area (Å²) in [5.41, 5.74) is 1.99. The number of pyridine rings is 1. The molecule has 23 heavy (non-hydrogen) atoms. The van der Waals surface area contributed by atoms with Crippen LogP contribution in [-0.2, 0) is 17.8 Å². The quantitative estimate of drug-likeness (QED) is 0.814. The van der Waals surface area contributed by atoms with E-state index in [1.165, 1.54) is 0 Å². The van der Waals surface area contributed by atoms with E-state index >= 15 is 0 Å². The summed E-state index contributed by atoms with van der Waals surface area (Å²) in [6, 6.07) is 11.5. The van der Waals surface area contributed by atoms with Gasteiger partial charge in [-0.05, 0) is 42.7 Å². The maximum atomic E-state index is 11.8. The van der Waals surface area contributed by atoms with Crippen molar-refractivity contribution < 1.29 is 14.3 Å². The molecule has 122 valence electrons. The highest BCUT2D eigenvalue weighted by atomic mass is 16.5. The second kappa shape index (κ2) is 8.78. The molecule has 0 aliphatic rings. The highest BCUT2D eigenvalue weighted by Crippen LogP contribution is 2.28. The van der Waals surface area contributed by atoms with E-state index in [2.05, 4.69) is 10.3 Å². The first-order valence-electron chi connectivity index (χ1n) is 7.60. The summed E-state index contributed by atoms with van der Waals surface area (Å²) in [5.74, 6) is 1.46. The Labute approximate surface area is 136 Å². The third-order valence-corrected chi connectivity index (χ3v) is 3.51. The van der Waals surface area contributed by atoms with Gasteiger partial charge in [-0.1, -0.05) is 12.1 Å². The van der Waals surface area contributed by atoms with Gasteiger partial charge < -0.3 is 14.8 Å². The lowest BCUT2D eigenvalue weighted by Gasteiger charge is -2.09. The van der Waals surface area contributed by atoms with Gasteiger partial charge in [-0.25, -0.2) is 0 Å². The first kappa shape index (κ1) is 16.8. The van der Waals surface area contributed by atoms with Gasteiger partial charge in [0.25, 0.3) is 0 Å². The molecule has 0 bridgehead atoms. The van der Waals surface area contributed by atoms with Crippen molar-refractivity contribution in [3.63, 3.8) is 0 Å². The number of hydrogen-bond donors (Lipinski definition) is 1. The monoisotopic (exact) mass is 314 g/mol. The molecule has 0 fully saturated rings. The van der Waals surface area contributed by atoms with Gasteiger partial charge in [0, 0.05) is 12.6 Å². The number of carbonyl (C=O) groups is 1. The van der Waals surface area contributed by atoms with Crippen LogP contribution in [0.5, 0.6) is 11.5 Å². The van der Waals surface area contributed by atoms with Crippen molar-refractivity contribution in [3.05, 3.63) is 53.9 Å². The summed E-state index contributed by atoms with van der Waals surface area (Å²) in [6.07, 6.45) is 3.81. The van der Waals surface area contributed by atoms with E-state index in [0.717, 1.165) is 24.1 Å². The van der Waals surface area contributed by atoms with Crippen LogP contribution in [0.4, 0.5) is 0 Å². The molecule has 0 unspecified atom stereocenters. The van der Waals surface area contributed by atoms with E-state index in [4.69, 9.17) is 9.47 Å². The van der Waals surface area contributed by atoms with E-state index in [1.54, 1.807) is 20.4 Å². The van der Waals surface area contributed by atoms with Gasteiger partial charge in [0.1, 0.15) is 0 Å². The maximum absolute atomic E-state index is 11.8. The predicted molar refractivity (Wildman–Crippen MR) is 88.6 cm³/mol. The molecule has 5 nitrogen and oxygen atoms in total. The Morgan fingerprint density at radius 2 is 1.96 bits per heavy atom. The Morgan fingerprint density at radius 1 is 1.13 bits per heavy atom. The fourth-order valence-corrected chi connectivity index (χ4v) is 2.27. The van der Waals surface area contributed by atoms with E-state index in [9.17, 15) is 4.79 Å². The average Bonchev–Trinajstić information content (AvgIpc) is 2.60. The number of aromatic nitrogens is 1. The second-order valence-electron chi connectivity index (χ2n) is 5.14. The molecule has 1 amide bonds. The van der Waals surface area contributed by atoms with Crippen LogP contribution in [0.15, 0.2) is 42.6 Å². The van der Waals surface area contributed by atoms with Crippen molar-refractivity contribution in [2.45, 2.75) is 25.8 Å². The summed E-state index contributed by atoms with van der Waals surface area (Å²) < 4.78 is 10.5. The number of benzene rings is 1. The number of nitrogens with zero attached hydrogens (tertiary/aromatic N) is 1. The lowest BCUT2D eigenvalue weighted by molar-refractivity contribution is -0.121. The maximum Gasteiger partial charge on any atom is 0.220 e. The van der Waals surface area contributed by atoms with E-state index < -0.39 is 0 Å². The largest absolute Gasteiger partial charge is 0.493 e. The van der Waals surface area contributed by atoms with Crippen molar-refractivity contribution >= 4 is 5.91 Å². The predicted octanol–water partition coefficient (Wildman–Crippen LogP) is 2.74. The number of hydrogen-bond acceptors (Lipinski definition) is 4. The van der Waals surface area contributed by atoms with Crippen molar-refractivity contribution in [1.29, 1.82) is 0 Å². The highest BCUT2D eigenvalue weighted by Gasteiger charge is 2.06. The van der Waals surface area contributed by atoms with Gasteiger partial charge in [0.15, 0.2) is 11.5 Å². The van der Waals surface area contributed by atoms with E-state index in [0.29, 0.717) is 24.5 Å². The molecule has 1 heterocycles. The molecular weight excluding hydrogens is 292 g/mol. The Kier molecular flexibility index (Phi) is 6.41. The second-order valence-corrected chi connectivity index (χ2v) is 5.14. The van der Waals surface area contributed by atoms with Gasteiger partial charge >= 0.3 is 0 Å². The molecule has 0 saturated carbocycles.